The maximum absolute atomic E-state index is 12.6. The third kappa shape index (κ3) is 3.91. The van der Waals surface area contributed by atoms with Crippen LogP contribution in [-0.4, -0.2) is 53.4 Å². The minimum Gasteiger partial charge on any atom is -0.473 e. The number of aromatic nitrogens is 1. The molecule has 0 atom stereocenters. The molecule has 1 spiro atoms. The molecule has 2 saturated carbocycles. The molecular formula is C19H26ClN3O3. The topological polar surface area (TPSA) is 63.7 Å². The molecule has 1 aromatic heterocycles. The van der Waals surface area contributed by atoms with Crippen LogP contribution in [-0.2, 0) is 4.74 Å². The van der Waals surface area contributed by atoms with Gasteiger partial charge in [-0.1, -0.05) is 11.6 Å². The molecule has 0 aromatic carbocycles. The van der Waals surface area contributed by atoms with Crippen molar-refractivity contribution in [3.63, 3.8) is 0 Å². The molecule has 2 aliphatic carbocycles. The third-order valence-corrected chi connectivity index (χ3v) is 6.09. The summed E-state index contributed by atoms with van der Waals surface area (Å²) in [5.41, 5.74) is -0.0525. The van der Waals surface area contributed by atoms with Crippen LogP contribution in [0.15, 0.2) is 18.3 Å². The van der Waals surface area contributed by atoms with Gasteiger partial charge in [-0.15, -0.1) is 0 Å². The first-order valence-corrected chi connectivity index (χ1v) is 9.98. The van der Waals surface area contributed by atoms with E-state index in [1.807, 2.05) is 4.90 Å². The highest BCUT2D eigenvalue weighted by atomic mass is 35.5. The molecule has 0 radical (unpaired) electrons. The van der Waals surface area contributed by atoms with E-state index in [1.54, 1.807) is 18.3 Å². The fourth-order valence-electron chi connectivity index (χ4n) is 4.10. The van der Waals surface area contributed by atoms with Gasteiger partial charge in [0.1, 0.15) is 11.1 Å². The van der Waals surface area contributed by atoms with Gasteiger partial charge in [0.25, 0.3) is 0 Å². The van der Waals surface area contributed by atoms with Gasteiger partial charge in [-0.25, -0.2) is 9.78 Å². The largest absolute Gasteiger partial charge is 0.473 e. The standard InChI is InChI=1S/C19H26ClN3O3/c20-16-3-1-10-21-17(16)26-15-6-4-14(5-7-15)22-18(24)23-11-12-25-19(13-23)8-2-9-19/h1,3,10,14-15H,2,4-9,11-13H2,(H,22,24). The highest BCUT2D eigenvalue weighted by Gasteiger charge is 2.43. The van der Waals surface area contributed by atoms with E-state index in [-0.39, 0.29) is 23.8 Å². The quantitative estimate of drug-likeness (QED) is 0.874. The van der Waals surface area contributed by atoms with Crippen LogP contribution in [0.3, 0.4) is 0 Å². The van der Waals surface area contributed by atoms with E-state index in [4.69, 9.17) is 21.1 Å². The summed E-state index contributed by atoms with van der Waals surface area (Å²) in [6, 6.07) is 3.84. The second-order valence-corrected chi connectivity index (χ2v) is 8.05. The summed E-state index contributed by atoms with van der Waals surface area (Å²) in [6.45, 7) is 2.07. The first kappa shape index (κ1) is 17.9. The number of hydrogen-bond acceptors (Lipinski definition) is 4. The summed E-state index contributed by atoms with van der Waals surface area (Å²) in [4.78, 5) is 18.7. The number of ether oxygens (including phenoxy) is 2. The first-order valence-electron chi connectivity index (χ1n) is 9.60. The van der Waals surface area contributed by atoms with E-state index >= 15 is 0 Å². The van der Waals surface area contributed by atoms with Crippen molar-refractivity contribution in [1.29, 1.82) is 0 Å². The van der Waals surface area contributed by atoms with Crippen LogP contribution in [0.25, 0.3) is 0 Å². The molecule has 4 rings (SSSR count). The van der Waals surface area contributed by atoms with Crippen molar-refractivity contribution in [2.24, 2.45) is 0 Å². The number of halogens is 1. The maximum Gasteiger partial charge on any atom is 0.317 e. The van der Waals surface area contributed by atoms with E-state index in [2.05, 4.69) is 10.3 Å². The van der Waals surface area contributed by atoms with Crippen molar-refractivity contribution >= 4 is 17.6 Å². The van der Waals surface area contributed by atoms with Crippen molar-refractivity contribution in [1.82, 2.24) is 15.2 Å². The lowest BCUT2D eigenvalue weighted by atomic mass is 9.79. The number of nitrogens with one attached hydrogen (secondary N) is 1. The molecule has 0 unspecified atom stereocenters. The Bertz CT molecular complexity index is 645. The monoisotopic (exact) mass is 379 g/mol. The average molecular weight is 380 g/mol. The number of hydrogen-bond donors (Lipinski definition) is 1. The molecule has 2 amide bonds. The molecule has 6 nitrogen and oxygen atoms in total. The van der Waals surface area contributed by atoms with Crippen molar-refractivity contribution in [3.8, 4) is 5.88 Å². The van der Waals surface area contributed by atoms with Crippen molar-refractivity contribution < 1.29 is 14.3 Å². The first-order chi connectivity index (χ1) is 12.6. The second kappa shape index (κ2) is 7.61. The molecule has 3 aliphatic rings. The van der Waals surface area contributed by atoms with Gasteiger partial charge < -0.3 is 19.7 Å². The zero-order chi connectivity index (χ0) is 18.0. The highest BCUT2D eigenvalue weighted by molar-refractivity contribution is 6.31. The molecule has 1 N–H and O–H groups in total. The van der Waals surface area contributed by atoms with Gasteiger partial charge in [0.15, 0.2) is 0 Å². The summed E-state index contributed by atoms with van der Waals surface area (Å²) in [5, 5.41) is 3.75. The Hall–Kier alpha value is -1.53. The predicted octanol–water partition coefficient (Wildman–Crippen LogP) is 3.39. The number of amides is 2. The fraction of sp³-hybridized carbons (Fsp3) is 0.684. The summed E-state index contributed by atoms with van der Waals surface area (Å²) < 4.78 is 11.8. The number of urea groups is 1. The van der Waals surface area contributed by atoms with Gasteiger partial charge in [0.2, 0.25) is 5.88 Å². The molecule has 26 heavy (non-hydrogen) atoms. The number of carbonyl (C=O) groups is 1. The molecule has 142 valence electrons. The molecule has 3 fully saturated rings. The summed E-state index contributed by atoms with van der Waals surface area (Å²) in [6.07, 6.45) is 8.77. The van der Waals surface area contributed by atoms with Crippen molar-refractivity contribution in [2.45, 2.75) is 62.7 Å². The fourth-order valence-corrected chi connectivity index (χ4v) is 4.26. The molecule has 2 heterocycles. The van der Waals surface area contributed by atoms with Gasteiger partial charge >= 0.3 is 6.03 Å². The van der Waals surface area contributed by atoms with Crippen LogP contribution >= 0.6 is 11.6 Å². The summed E-state index contributed by atoms with van der Waals surface area (Å²) in [7, 11) is 0. The Kier molecular flexibility index (Phi) is 5.23. The normalized spacial score (nSPS) is 27.7. The molecule has 7 heteroatoms. The number of rotatable bonds is 3. The smallest absolute Gasteiger partial charge is 0.317 e. The molecule has 1 aliphatic heterocycles. The Morgan fingerprint density at radius 1 is 1.35 bits per heavy atom. The van der Waals surface area contributed by atoms with Crippen molar-refractivity contribution in [3.05, 3.63) is 23.4 Å². The highest BCUT2D eigenvalue weighted by Crippen LogP contribution is 2.38. The van der Waals surface area contributed by atoms with Gasteiger partial charge in [-0.2, -0.15) is 0 Å². The van der Waals surface area contributed by atoms with Crippen LogP contribution < -0.4 is 10.1 Å². The summed E-state index contributed by atoms with van der Waals surface area (Å²) in [5.74, 6) is 0.501. The number of carbonyl (C=O) groups excluding carboxylic acids is 1. The number of nitrogens with zero attached hydrogens (tertiary/aromatic N) is 2. The van der Waals surface area contributed by atoms with E-state index in [9.17, 15) is 4.79 Å². The third-order valence-electron chi connectivity index (χ3n) is 5.81. The van der Waals surface area contributed by atoms with Crippen LogP contribution in [0.5, 0.6) is 5.88 Å². The molecule has 1 aromatic rings. The zero-order valence-electron chi connectivity index (χ0n) is 15.0. The van der Waals surface area contributed by atoms with E-state index < -0.39 is 0 Å². The Labute approximate surface area is 159 Å². The second-order valence-electron chi connectivity index (χ2n) is 7.64. The van der Waals surface area contributed by atoms with Gasteiger partial charge in [-0.3, -0.25) is 0 Å². The van der Waals surface area contributed by atoms with Crippen LogP contribution in [0.1, 0.15) is 44.9 Å². The minimum absolute atomic E-state index is 0.0525. The number of pyridine rings is 1. The lowest BCUT2D eigenvalue weighted by Crippen LogP contribution is -2.59. The lowest BCUT2D eigenvalue weighted by Gasteiger charge is -2.48. The maximum atomic E-state index is 12.6. The lowest BCUT2D eigenvalue weighted by molar-refractivity contribution is -0.141. The van der Waals surface area contributed by atoms with E-state index in [1.165, 1.54) is 6.42 Å². The zero-order valence-corrected chi connectivity index (χ0v) is 15.7. The van der Waals surface area contributed by atoms with E-state index in [0.29, 0.717) is 24.1 Å². The molecule has 0 bridgehead atoms. The van der Waals surface area contributed by atoms with Gasteiger partial charge in [0, 0.05) is 18.8 Å². The predicted molar refractivity (Wildman–Crippen MR) is 98.6 cm³/mol. The SMILES string of the molecule is O=C(NC1CCC(Oc2ncccc2Cl)CC1)N1CCOC2(CCC2)C1. The van der Waals surface area contributed by atoms with Gasteiger partial charge in [-0.05, 0) is 57.1 Å². The average Bonchev–Trinajstić information content (AvgIpc) is 2.64. The molecule has 1 saturated heterocycles. The van der Waals surface area contributed by atoms with Gasteiger partial charge in [0.05, 0.1) is 18.8 Å². The molecular weight excluding hydrogens is 354 g/mol. The number of morpholine rings is 1. The Balaban J connectivity index is 1.23. The van der Waals surface area contributed by atoms with Crippen LogP contribution in [0.2, 0.25) is 5.02 Å². The Morgan fingerprint density at radius 2 is 2.15 bits per heavy atom. The summed E-state index contributed by atoms with van der Waals surface area (Å²) >= 11 is 6.11. The van der Waals surface area contributed by atoms with Crippen molar-refractivity contribution in [2.75, 3.05) is 19.7 Å². The van der Waals surface area contributed by atoms with E-state index in [0.717, 1.165) is 45.1 Å². The minimum atomic E-state index is -0.0525. The van der Waals surface area contributed by atoms with Crippen LogP contribution in [0.4, 0.5) is 4.79 Å². The van der Waals surface area contributed by atoms with Crippen LogP contribution in [0, 0.1) is 0 Å². The Morgan fingerprint density at radius 3 is 2.85 bits per heavy atom.